The molecule has 2 rings (SSSR count). The average molecular weight is 226 g/mol. The van der Waals surface area contributed by atoms with Gasteiger partial charge in [-0.2, -0.15) is 0 Å². The number of hydrogen-bond acceptors (Lipinski definition) is 3. The maximum Gasteiger partial charge on any atom is 0.240 e. The van der Waals surface area contributed by atoms with Gasteiger partial charge < -0.3 is 15.0 Å². The fraction of sp³-hybridized carbons (Fsp3) is 0.917. The van der Waals surface area contributed by atoms with Crippen molar-refractivity contribution in [1.29, 1.82) is 0 Å². The van der Waals surface area contributed by atoms with Crippen LogP contribution in [-0.2, 0) is 9.53 Å². The molecule has 2 saturated heterocycles. The van der Waals surface area contributed by atoms with Crippen molar-refractivity contribution in [3.05, 3.63) is 0 Å². The summed E-state index contributed by atoms with van der Waals surface area (Å²) in [5.74, 6) is 0.291. The Balaban J connectivity index is 1.95. The number of rotatable bonds is 3. The molecular formula is C12H22N2O2. The first-order chi connectivity index (χ1) is 7.83. The van der Waals surface area contributed by atoms with Crippen molar-refractivity contribution in [2.45, 2.75) is 44.2 Å². The number of carbonyl (C=O) groups excluding carboxylic acids is 1. The van der Waals surface area contributed by atoms with Gasteiger partial charge in [-0.3, -0.25) is 4.79 Å². The van der Waals surface area contributed by atoms with Gasteiger partial charge in [-0.1, -0.05) is 0 Å². The van der Waals surface area contributed by atoms with Crippen molar-refractivity contribution >= 4 is 5.91 Å². The maximum atomic E-state index is 12.3. The van der Waals surface area contributed by atoms with Gasteiger partial charge in [0.1, 0.15) is 0 Å². The Morgan fingerprint density at radius 3 is 2.94 bits per heavy atom. The summed E-state index contributed by atoms with van der Waals surface area (Å²) in [6.07, 6.45) is 5.56. The highest BCUT2D eigenvalue weighted by Crippen LogP contribution is 2.20. The summed E-state index contributed by atoms with van der Waals surface area (Å²) in [6, 6.07) is 0.367. The summed E-state index contributed by atoms with van der Waals surface area (Å²) in [5.41, 5.74) is 0. The topological polar surface area (TPSA) is 41.6 Å². The van der Waals surface area contributed by atoms with Crippen LogP contribution in [0.5, 0.6) is 0 Å². The van der Waals surface area contributed by atoms with E-state index in [0.29, 0.717) is 18.6 Å². The molecule has 0 radical (unpaired) electrons. The first-order valence-corrected chi connectivity index (χ1v) is 6.35. The summed E-state index contributed by atoms with van der Waals surface area (Å²) in [5, 5.41) is 3.28. The number of ether oxygens (including phenoxy) is 1. The molecule has 2 aliphatic heterocycles. The lowest BCUT2D eigenvalue weighted by atomic mass is 10.0. The van der Waals surface area contributed by atoms with Crippen LogP contribution in [0.2, 0.25) is 0 Å². The van der Waals surface area contributed by atoms with Crippen molar-refractivity contribution < 1.29 is 9.53 Å². The van der Waals surface area contributed by atoms with Crippen LogP contribution in [0.15, 0.2) is 0 Å². The molecule has 1 amide bonds. The molecular weight excluding hydrogens is 204 g/mol. The first-order valence-electron chi connectivity index (χ1n) is 6.35. The number of methoxy groups -OCH3 is 1. The molecule has 0 saturated carbocycles. The minimum Gasteiger partial charge on any atom is -0.383 e. The largest absolute Gasteiger partial charge is 0.383 e. The maximum absolute atomic E-state index is 12.3. The molecule has 0 aromatic carbocycles. The molecule has 2 fully saturated rings. The molecule has 2 aliphatic rings. The lowest BCUT2D eigenvalue weighted by Gasteiger charge is -2.36. The van der Waals surface area contributed by atoms with Crippen LogP contribution < -0.4 is 5.32 Å². The predicted molar refractivity (Wildman–Crippen MR) is 62.3 cm³/mol. The van der Waals surface area contributed by atoms with E-state index in [4.69, 9.17) is 4.74 Å². The van der Waals surface area contributed by atoms with Crippen molar-refractivity contribution in [2.75, 3.05) is 26.8 Å². The number of carbonyl (C=O) groups is 1. The van der Waals surface area contributed by atoms with Crippen molar-refractivity contribution in [3.8, 4) is 0 Å². The molecule has 0 aromatic rings. The van der Waals surface area contributed by atoms with Crippen LogP contribution in [-0.4, -0.2) is 49.7 Å². The molecule has 16 heavy (non-hydrogen) atoms. The van der Waals surface area contributed by atoms with E-state index in [1.165, 1.54) is 6.42 Å². The zero-order valence-corrected chi connectivity index (χ0v) is 10.1. The number of nitrogens with zero attached hydrogens (tertiary/aromatic N) is 1. The van der Waals surface area contributed by atoms with Gasteiger partial charge in [0.25, 0.3) is 0 Å². The Morgan fingerprint density at radius 2 is 2.25 bits per heavy atom. The highest BCUT2D eigenvalue weighted by Gasteiger charge is 2.32. The van der Waals surface area contributed by atoms with E-state index in [2.05, 4.69) is 5.32 Å². The van der Waals surface area contributed by atoms with E-state index in [1.54, 1.807) is 7.11 Å². The number of hydrogen-bond donors (Lipinski definition) is 1. The summed E-state index contributed by atoms with van der Waals surface area (Å²) < 4.78 is 5.21. The second-order valence-electron chi connectivity index (χ2n) is 4.79. The SMILES string of the molecule is COCC1CCCCN1C(=O)C1CCCN1. The number of nitrogens with one attached hydrogen (secondary N) is 1. The second kappa shape index (κ2) is 5.64. The highest BCUT2D eigenvalue weighted by atomic mass is 16.5. The lowest BCUT2D eigenvalue weighted by molar-refractivity contribution is -0.138. The third-order valence-electron chi connectivity index (χ3n) is 3.63. The van der Waals surface area contributed by atoms with Crippen molar-refractivity contribution in [2.24, 2.45) is 0 Å². The highest BCUT2D eigenvalue weighted by molar-refractivity contribution is 5.82. The zero-order chi connectivity index (χ0) is 11.4. The number of amides is 1. The fourth-order valence-corrected chi connectivity index (χ4v) is 2.75. The smallest absolute Gasteiger partial charge is 0.240 e. The van der Waals surface area contributed by atoms with Crippen molar-refractivity contribution in [1.82, 2.24) is 10.2 Å². The summed E-state index contributed by atoms with van der Waals surface area (Å²) in [4.78, 5) is 14.3. The van der Waals surface area contributed by atoms with E-state index in [9.17, 15) is 4.79 Å². The molecule has 0 aliphatic carbocycles. The molecule has 1 N–H and O–H groups in total. The monoisotopic (exact) mass is 226 g/mol. The molecule has 4 nitrogen and oxygen atoms in total. The Hall–Kier alpha value is -0.610. The second-order valence-corrected chi connectivity index (χ2v) is 4.79. The van der Waals surface area contributed by atoms with Gasteiger partial charge >= 0.3 is 0 Å². The van der Waals surface area contributed by atoms with Crippen LogP contribution >= 0.6 is 0 Å². The quantitative estimate of drug-likeness (QED) is 0.772. The zero-order valence-electron chi connectivity index (χ0n) is 10.1. The molecule has 4 heteroatoms. The Bertz CT molecular complexity index is 237. The minimum atomic E-state index is 0.0671. The summed E-state index contributed by atoms with van der Waals surface area (Å²) in [6.45, 7) is 2.57. The van der Waals surface area contributed by atoms with Gasteiger partial charge in [-0.25, -0.2) is 0 Å². The Morgan fingerprint density at radius 1 is 1.38 bits per heavy atom. The van der Waals surface area contributed by atoms with E-state index < -0.39 is 0 Å². The first kappa shape index (κ1) is 11.9. The van der Waals surface area contributed by atoms with Crippen LogP contribution in [0, 0.1) is 0 Å². The normalized spacial score (nSPS) is 30.7. The molecule has 0 spiro atoms. The molecule has 92 valence electrons. The third kappa shape index (κ3) is 2.55. The standard InChI is InChI=1S/C12H22N2O2/c1-16-9-10-5-2-3-8-14(10)12(15)11-6-4-7-13-11/h10-11,13H,2-9H2,1H3. The van der Waals surface area contributed by atoms with E-state index in [1.807, 2.05) is 4.90 Å². The van der Waals surface area contributed by atoms with Crippen LogP contribution in [0.3, 0.4) is 0 Å². The van der Waals surface area contributed by atoms with Gasteiger partial charge in [0, 0.05) is 13.7 Å². The van der Waals surface area contributed by atoms with Crippen LogP contribution in [0.25, 0.3) is 0 Å². The van der Waals surface area contributed by atoms with Gasteiger partial charge in [0.05, 0.1) is 18.7 Å². The summed E-state index contributed by atoms with van der Waals surface area (Å²) >= 11 is 0. The Kier molecular flexibility index (Phi) is 4.18. The molecule has 2 heterocycles. The average Bonchev–Trinajstić information content (AvgIpc) is 2.83. The Labute approximate surface area is 97.3 Å². The number of piperidine rings is 1. The molecule has 0 bridgehead atoms. The van der Waals surface area contributed by atoms with E-state index in [0.717, 1.165) is 38.8 Å². The molecule has 2 unspecified atom stereocenters. The fourth-order valence-electron chi connectivity index (χ4n) is 2.75. The van der Waals surface area contributed by atoms with E-state index >= 15 is 0 Å². The van der Waals surface area contributed by atoms with Gasteiger partial charge in [0.2, 0.25) is 5.91 Å². The number of likely N-dealkylation sites (tertiary alicyclic amines) is 1. The van der Waals surface area contributed by atoms with Gasteiger partial charge in [0.15, 0.2) is 0 Å². The lowest BCUT2D eigenvalue weighted by Crippen LogP contribution is -2.52. The van der Waals surface area contributed by atoms with Crippen molar-refractivity contribution in [3.63, 3.8) is 0 Å². The van der Waals surface area contributed by atoms with E-state index in [-0.39, 0.29) is 6.04 Å². The minimum absolute atomic E-state index is 0.0671. The molecule has 0 aromatic heterocycles. The van der Waals surface area contributed by atoms with Gasteiger partial charge in [-0.15, -0.1) is 0 Å². The molecule has 2 atom stereocenters. The van der Waals surface area contributed by atoms with Gasteiger partial charge in [-0.05, 0) is 38.6 Å². The predicted octanol–water partition coefficient (Wildman–Crippen LogP) is 0.766. The van der Waals surface area contributed by atoms with Crippen LogP contribution in [0.4, 0.5) is 0 Å². The summed E-state index contributed by atoms with van der Waals surface area (Å²) in [7, 11) is 1.71. The third-order valence-corrected chi connectivity index (χ3v) is 3.63. The van der Waals surface area contributed by atoms with Crippen LogP contribution in [0.1, 0.15) is 32.1 Å².